The fraction of sp³-hybridized carbons (Fsp3) is 0.727. The molecule has 6 nitrogen and oxygen atoms in total. The molecule has 0 aromatic heterocycles. The van der Waals surface area contributed by atoms with Crippen molar-refractivity contribution in [3.05, 3.63) is 12.2 Å². The third-order valence-corrected chi connectivity index (χ3v) is 2.61. The number of rotatable bonds is 10. The zero-order chi connectivity index (χ0) is 13.9. The SMILES string of the molecule is C/C=C/C(=O)OCCCCCCCOP(=O)(O)O. The summed E-state index contributed by atoms with van der Waals surface area (Å²) < 4.78 is 19.5. The van der Waals surface area contributed by atoms with Gasteiger partial charge < -0.3 is 14.5 Å². The normalized spacial score (nSPS) is 11.9. The van der Waals surface area contributed by atoms with Gasteiger partial charge in [-0.1, -0.05) is 25.3 Å². The van der Waals surface area contributed by atoms with Crippen molar-refractivity contribution in [3.63, 3.8) is 0 Å². The maximum Gasteiger partial charge on any atom is 0.469 e. The van der Waals surface area contributed by atoms with Crippen LogP contribution in [-0.2, 0) is 18.6 Å². The van der Waals surface area contributed by atoms with Gasteiger partial charge in [-0.15, -0.1) is 0 Å². The van der Waals surface area contributed by atoms with E-state index in [1.54, 1.807) is 13.0 Å². The minimum Gasteiger partial charge on any atom is -0.463 e. The fourth-order valence-electron chi connectivity index (χ4n) is 1.27. The number of hydrogen-bond acceptors (Lipinski definition) is 4. The molecule has 0 unspecified atom stereocenters. The van der Waals surface area contributed by atoms with E-state index >= 15 is 0 Å². The van der Waals surface area contributed by atoms with E-state index in [0.717, 1.165) is 25.7 Å². The van der Waals surface area contributed by atoms with Gasteiger partial charge in [-0.2, -0.15) is 0 Å². The van der Waals surface area contributed by atoms with E-state index in [2.05, 4.69) is 4.52 Å². The molecule has 0 saturated heterocycles. The summed E-state index contributed by atoms with van der Waals surface area (Å²) in [5.74, 6) is -0.326. The van der Waals surface area contributed by atoms with Gasteiger partial charge in [0.15, 0.2) is 0 Å². The van der Waals surface area contributed by atoms with E-state index in [4.69, 9.17) is 14.5 Å². The Bertz CT molecular complexity index is 296. The van der Waals surface area contributed by atoms with Crippen molar-refractivity contribution in [2.24, 2.45) is 0 Å². The number of esters is 1. The molecule has 0 bridgehead atoms. The molecule has 0 aromatic carbocycles. The average Bonchev–Trinajstić information content (AvgIpc) is 2.25. The van der Waals surface area contributed by atoms with Crippen LogP contribution in [0.15, 0.2) is 12.2 Å². The summed E-state index contributed by atoms with van der Waals surface area (Å²) in [4.78, 5) is 27.8. The molecule has 0 amide bonds. The highest BCUT2D eigenvalue weighted by atomic mass is 31.2. The topological polar surface area (TPSA) is 93.1 Å². The Kier molecular flexibility index (Phi) is 9.87. The van der Waals surface area contributed by atoms with Gasteiger partial charge >= 0.3 is 13.8 Å². The van der Waals surface area contributed by atoms with E-state index in [9.17, 15) is 9.36 Å². The smallest absolute Gasteiger partial charge is 0.463 e. The zero-order valence-corrected chi connectivity index (χ0v) is 11.5. The Morgan fingerprint density at radius 1 is 1.11 bits per heavy atom. The molecule has 0 aromatic rings. The minimum atomic E-state index is -4.31. The second-order valence-corrected chi connectivity index (χ2v) is 5.00. The van der Waals surface area contributed by atoms with Crippen molar-refractivity contribution in [3.8, 4) is 0 Å². The highest BCUT2D eigenvalue weighted by Gasteiger charge is 2.12. The molecule has 0 saturated carbocycles. The van der Waals surface area contributed by atoms with Crippen molar-refractivity contribution >= 4 is 13.8 Å². The molecule has 2 N–H and O–H groups in total. The molecule has 0 aliphatic carbocycles. The molecule has 0 heterocycles. The minimum absolute atomic E-state index is 0.0700. The first-order chi connectivity index (χ1) is 8.45. The Hall–Kier alpha value is -0.680. The van der Waals surface area contributed by atoms with Crippen molar-refractivity contribution in [2.45, 2.75) is 39.0 Å². The number of carbonyl (C=O) groups excluding carboxylic acids is 1. The highest BCUT2D eigenvalue weighted by Crippen LogP contribution is 2.35. The van der Waals surface area contributed by atoms with E-state index in [1.165, 1.54) is 6.08 Å². The van der Waals surface area contributed by atoms with E-state index < -0.39 is 7.82 Å². The predicted octanol–water partition coefficient (Wildman–Crippen LogP) is 2.17. The maximum atomic E-state index is 10.9. The number of unbranched alkanes of at least 4 members (excludes halogenated alkanes) is 4. The molecule has 0 spiro atoms. The largest absolute Gasteiger partial charge is 0.469 e. The molecule has 0 rings (SSSR count). The zero-order valence-electron chi connectivity index (χ0n) is 10.6. The van der Waals surface area contributed by atoms with Crippen LogP contribution in [0.4, 0.5) is 0 Å². The first-order valence-corrected chi connectivity index (χ1v) is 7.48. The van der Waals surface area contributed by atoms with E-state index in [-0.39, 0.29) is 12.6 Å². The van der Waals surface area contributed by atoms with Crippen molar-refractivity contribution in [1.29, 1.82) is 0 Å². The predicted molar refractivity (Wildman–Crippen MR) is 66.9 cm³/mol. The van der Waals surface area contributed by atoms with Gasteiger partial charge in [0.1, 0.15) is 0 Å². The summed E-state index contributed by atoms with van der Waals surface area (Å²) in [5.41, 5.74) is 0. The molecule has 0 fully saturated rings. The molecule has 18 heavy (non-hydrogen) atoms. The number of carbonyl (C=O) groups is 1. The summed E-state index contributed by atoms with van der Waals surface area (Å²) in [5, 5.41) is 0. The molecule has 0 aliphatic heterocycles. The van der Waals surface area contributed by atoms with E-state index in [1.807, 2.05) is 0 Å². The van der Waals surface area contributed by atoms with Gasteiger partial charge in [0.2, 0.25) is 0 Å². The van der Waals surface area contributed by atoms with Gasteiger partial charge in [-0.05, 0) is 19.8 Å². The first-order valence-electron chi connectivity index (χ1n) is 5.95. The van der Waals surface area contributed by atoms with Gasteiger partial charge in [0.25, 0.3) is 0 Å². The lowest BCUT2D eigenvalue weighted by molar-refractivity contribution is -0.137. The monoisotopic (exact) mass is 280 g/mol. The van der Waals surface area contributed by atoms with Crippen molar-refractivity contribution in [1.82, 2.24) is 0 Å². The number of hydrogen-bond donors (Lipinski definition) is 2. The lowest BCUT2D eigenvalue weighted by atomic mass is 10.1. The number of ether oxygens (including phenoxy) is 1. The van der Waals surface area contributed by atoms with Crippen LogP contribution in [0.1, 0.15) is 39.0 Å². The van der Waals surface area contributed by atoms with Crippen molar-refractivity contribution < 1.29 is 28.4 Å². The molecule has 7 heteroatoms. The number of phosphoric acid groups is 1. The summed E-state index contributed by atoms with van der Waals surface area (Å²) in [7, 11) is -4.31. The second kappa shape index (κ2) is 10.3. The molecular formula is C11H21O6P. The molecule has 106 valence electrons. The standard InChI is InChI=1S/C11H21O6P/c1-2-8-11(12)16-9-6-4-3-5-7-10-17-18(13,14)15/h2,8H,3-7,9-10H2,1H3,(H2,13,14,15)/b8-2+. The third kappa shape index (κ3) is 13.4. The van der Waals surface area contributed by atoms with Crippen molar-refractivity contribution in [2.75, 3.05) is 13.2 Å². The van der Waals surface area contributed by atoms with Crippen LogP contribution in [0, 0.1) is 0 Å². The van der Waals surface area contributed by atoms with Crippen LogP contribution in [0.3, 0.4) is 0 Å². The molecule has 0 aliphatic rings. The van der Waals surface area contributed by atoms with Crippen LogP contribution in [0.2, 0.25) is 0 Å². The Balaban J connectivity index is 3.22. The van der Waals surface area contributed by atoms with Crippen LogP contribution in [-0.4, -0.2) is 29.0 Å². The summed E-state index contributed by atoms with van der Waals surface area (Å²) in [6, 6.07) is 0. The van der Waals surface area contributed by atoms with Gasteiger partial charge in [0, 0.05) is 6.08 Å². The van der Waals surface area contributed by atoms with Crippen LogP contribution >= 0.6 is 7.82 Å². The third-order valence-electron chi connectivity index (χ3n) is 2.10. The number of phosphoric ester groups is 1. The molecule has 0 atom stereocenters. The Morgan fingerprint density at radius 2 is 1.67 bits per heavy atom. The van der Waals surface area contributed by atoms with Gasteiger partial charge in [-0.25, -0.2) is 9.36 Å². The maximum absolute atomic E-state index is 10.9. The summed E-state index contributed by atoms with van der Waals surface area (Å²) in [6.45, 7) is 2.23. The lowest BCUT2D eigenvalue weighted by Crippen LogP contribution is -2.02. The summed E-state index contributed by atoms with van der Waals surface area (Å²) in [6.07, 6.45) is 7.09. The molecule has 0 radical (unpaired) electrons. The fourth-order valence-corrected chi connectivity index (χ4v) is 1.64. The van der Waals surface area contributed by atoms with E-state index in [0.29, 0.717) is 13.0 Å². The van der Waals surface area contributed by atoms with Crippen LogP contribution < -0.4 is 0 Å². The van der Waals surface area contributed by atoms with Gasteiger partial charge in [-0.3, -0.25) is 4.52 Å². The Labute approximate surface area is 107 Å². The lowest BCUT2D eigenvalue weighted by Gasteiger charge is -2.05. The van der Waals surface area contributed by atoms with Crippen LogP contribution in [0.5, 0.6) is 0 Å². The summed E-state index contributed by atoms with van der Waals surface area (Å²) >= 11 is 0. The highest BCUT2D eigenvalue weighted by molar-refractivity contribution is 7.46. The quantitative estimate of drug-likeness (QED) is 0.276. The first kappa shape index (κ1) is 17.3. The average molecular weight is 280 g/mol. The van der Waals surface area contributed by atoms with Crippen LogP contribution in [0.25, 0.3) is 0 Å². The number of allylic oxidation sites excluding steroid dienone is 1. The molecular weight excluding hydrogens is 259 g/mol. The van der Waals surface area contributed by atoms with Gasteiger partial charge in [0.05, 0.1) is 13.2 Å². The Morgan fingerprint density at radius 3 is 2.22 bits per heavy atom. The second-order valence-electron chi connectivity index (χ2n) is 3.76.